The van der Waals surface area contributed by atoms with Crippen LogP contribution in [0.1, 0.15) is 38.3 Å². The molecular formula is C14H22N2O2. The molecule has 0 aromatic carbocycles. The van der Waals surface area contributed by atoms with Crippen LogP contribution in [0.2, 0.25) is 0 Å². The van der Waals surface area contributed by atoms with E-state index in [9.17, 15) is 0 Å². The Morgan fingerprint density at radius 2 is 2.39 bits per heavy atom. The van der Waals surface area contributed by atoms with E-state index in [0.29, 0.717) is 12.5 Å². The monoisotopic (exact) mass is 250 g/mol. The van der Waals surface area contributed by atoms with Gasteiger partial charge < -0.3 is 15.2 Å². The van der Waals surface area contributed by atoms with Gasteiger partial charge in [-0.2, -0.15) is 0 Å². The van der Waals surface area contributed by atoms with Crippen LogP contribution in [0.4, 0.5) is 0 Å². The van der Waals surface area contributed by atoms with Gasteiger partial charge in [0.05, 0.1) is 18.9 Å². The standard InChI is InChI=1S/C14H22N2O2/c1-3-5-18-12-7-11(8-16-9-12)14(15)13-4-6-17-10(13)2/h7-10,13-14H,3-6,15H2,1-2H3. The van der Waals surface area contributed by atoms with Gasteiger partial charge in [0.25, 0.3) is 0 Å². The van der Waals surface area contributed by atoms with E-state index < -0.39 is 0 Å². The lowest BCUT2D eigenvalue weighted by Crippen LogP contribution is -2.26. The fourth-order valence-corrected chi connectivity index (χ4v) is 2.38. The molecule has 1 aromatic heterocycles. The molecule has 0 amide bonds. The highest BCUT2D eigenvalue weighted by Crippen LogP contribution is 2.32. The van der Waals surface area contributed by atoms with Crippen molar-refractivity contribution in [2.24, 2.45) is 11.7 Å². The molecule has 0 spiro atoms. The lowest BCUT2D eigenvalue weighted by molar-refractivity contribution is 0.0994. The Hall–Kier alpha value is -1.13. The highest BCUT2D eigenvalue weighted by molar-refractivity contribution is 5.26. The molecule has 0 aliphatic carbocycles. The van der Waals surface area contributed by atoms with Gasteiger partial charge in [0, 0.05) is 24.8 Å². The Kier molecular flexibility index (Phi) is 4.55. The third kappa shape index (κ3) is 3.00. The van der Waals surface area contributed by atoms with Crippen LogP contribution in [0.3, 0.4) is 0 Å². The zero-order chi connectivity index (χ0) is 13.0. The van der Waals surface area contributed by atoms with Crippen molar-refractivity contribution >= 4 is 0 Å². The summed E-state index contributed by atoms with van der Waals surface area (Å²) in [6.07, 6.45) is 5.79. The second kappa shape index (κ2) is 6.16. The molecule has 3 unspecified atom stereocenters. The van der Waals surface area contributed by atoms with Crippen LogP contribution in [-0.4, -0.2) is 24.3 Å². The Morgan fingerprint density at radius 3 is 3.06 bits per heavy atom. The van der Waals surface area contributed by atoms with Crippen molar-refractivity contribution in [2.45, 2.75) is 38.8 Å². The number of rotatable bonds is 5. The SMILES string of the molecule is CCCOc1cncc(C(N)C2CCOC2C)c1. The smallest absolute Gasteiger partial charge is 0.137 e. The predicted octanol–water partition coefficient (Wildman–Crippen LogP) is 2.30. The van der Waals surface area contributed by atoms with Crippen molar-refractivity contribution in [3.05, 3.63) is 24.0 Å². The second-order valence-corrected chi connectivity index (χ2v) is 4.86. The highest BCUT2D eigenvalue weighted by atomic mass is 16.5. The molecule has 100 valence electrons. The zero-order valence-corrected chi connectivity index (χ0v) is 11.1. The first-order valence-corrected chi connectivity index (χ1v) is 6.67. The van der Waals surface area contributed by atoms with Gasteiger partial charge in [-0.3, -0.25) is 4.98 Å². The Morgan fingerprint density at radius 1 is 1.56 bits per heavy atom. The lowest BCUT2D eigenvalue weighted by Gasteiger charge is -2.22. The Bertz CT molecular complexity index is 384. The van der Waals surface area contributed by atoms with Crippen molar-refractivity contribution in [3.63, 3.8) is 0 Å². The number of pyridine rings is 1. The van der Waals surface area contributed by atoms with Crippen LogP contribution in [0.5, 0.6) is 5.75 Å². The Labute approximate surface area is 108 Å². The molecule has 1 saturated heterocycles. The molecule has 1 aliphatic heterocycles. The van der Waals surface area contributed by atoms with Crippen LogP contribution in [-0.2, 0) is 4.74 Å². The van der Waals surface area contributed by atoms with E-state index in [-0.39, 0.29) is 12.1 Å². The maximum Gasteiger partial charge on any atom is 0.137 e. The summed E-state index contributed by atoms with van der Waals surface area (Å²) in [4.78, 5) is 4.21. The van der Waals surface area contributed by atoms with Crippen molar-refractivity contribution in [1.29, 1.82) is 0 Å². The molecule has 1 fully saturated rings. The average molecular weight is 250 g/mol. The Balaban J connectivity index is 2.07. The summed E-state index contributed by atoms with van der Waals surface area (Å²) in [5, 5.41) is 0. The molecule has 4 nitrogen and oxygen atoms in total. The molecule has 18 heavy (non-hydrogen) atoms. The first-order valence-electron chi connectivity index (χ1n) is 6.67. The van der Waals surface area contributed by atoms with Crippen LogP contribution in [0, 0.1) is 5.92 Å². The highest BCUT2D eigenvalue weighted by Gasteiger charge is 2.30. The number of hydrogen-bond donors (Lipinski definition) is 1. The van der Waals surface area contributed by atoms with Gasteiger partial charge in [-0.25, -0.2) is 0 Å². The van der Waals surface area contributed by atoms with E-state index in [1.54, 1.807) is 6.20 Å². The second-order valence-electron chi connectivity index (χ2n) is 4.86. The summed E-state index contributed by atoms with van der Waals surface area (Å²) in [6.45, 7) is 5.69. The van der Waals surface area contributed by atoms with Crippen LogP contribution in [0.25, 0.3) is 0 Å². The number of aromatic nitrogens is 1. The topological polar surface area (TPSA) is 57.4 Å². The molecular weight excluding hydrogens is 228 g/mol. The molecule has 4 heteroatoms. The van der Waals surface area contributed by atoms with Crippen molar-refractivity contribution in [3.8, 4) is 5.75 Å². The van der Waals surface area contributed by atoms with E-state index in [2.05, 4.69) is 18.8 Å². The average Bonchev–Trinajstić information content (AvgIpc) is 2.82. The van der Waals surface area contributed by atoms with Gasteiger partial charge >= 0.3 is 0 Å². The fraction of sp³-hybridized carbons (Fsp3) is 0.643. The normalized spacial score (nSPS) is 25.1. The van der Waals surface area contributed by atoms with E-state index in [0.717, 1.165) is 30.8 Å². The van der Waals surface area contributed by atoms with Gasteiger partial charge in [-0.05, 0) is 31.4 Å². The number of hydrogen-bond acceptors (Lipinski definition) is 4. The molecule has 3 atom stereocenters. The minimum Gasteiger partial charge on any atom is -0.492 e. The molecule has 2 rings (SSSR count). The summed E-state index contributed by atoms with van der Waals surface area (Å²) >= 11 is 0. The van der Waals surface area contributed by atoms with Crippen molar-refractivity contribution in [1.82, 2.24) is 4.98 Å². The third-order valence-corrected chi connectivity index (χ3v) is 3.49. The van der Waals surface area contributed by atoms with Crippen molar-refractivity contribution < 1.29 is 9.47 Å². The van der Waals surface area contributed by atoms with Gasteiger partial charge in [0.1, 0.15) is 5.75 Å². The first kappa shape index (κ1) is 13.3. The largest absolute Gasteiger partial charge is 0.492 e. The van der Waals surface area contributed by atoms with E-state index in [1.165, 1.54) is 0 Å². The maximum atomic E-state index is 6.31. The molecule has 1 aliphatic rings. The minimum absolute atomic E-state index is 0.0276. The molecule has 0 saturated carbocycles. The maximum absolute atomic E-state index is 6.31. The van der Waals surface area contributed by atoms with Crippen molar-refractivity contribution in [2.75, 3.05) is 13.2 Å². The van der Waals surface area contributed by atoms with E-state index in [4.69, 9.17) is 15.2 Å². The quantitative estimate of drug-likeness (QED) is 0.871. The zero-order valence-electron chi connectivity index (χ0n) is 11.1. The molecule has 1 aromatic rings. The minimum atomic E-state index is -0.0276. The summed E-state index contributed by atoms with van der Waals surface area (Å²) in [5.41, 5.74) is 7.35. The number of nitrogens with two attached hydrogens (primary N) is 1. The van der Waals surface area contributed by atoms with Gasteiger partial charge in [-0.1, -0.05) is 6.92 Å². The summed E-state index contributed by atoms with van der Waals surface area (Å²) in [5.74, 6) is 1.17. The van der Waals surface area contributed by atoms with Gasteiger partial charge in [-0.15, -0.1) is 0 Å². The molecule has 0 radical (unpaired) electrons. The summed E-state index contributed by atoms with van der Waals surface area (Å²) in [7, 11) is 0. The van der Waals surface area contributed by atoms with Crippen LogP contribution >= 0.6 is 0 Å². The van der Waals surface area contributed by atoms with Gasteiger partial charge in [0.2, 0.25) is 0 Å². The van der Waals surface area contributed by atoms with Crippen LogP contribution in [0.15, 0.2) is 18.5 Å². The van der Waals surface area contributed by atoms with E-state index >= 15 is 0 Å². The predicted molar refractivity (Wildman–Crippen MR) is 70.5 cm³/mol. The third-order valence-electron chi connectivity index (χ3n) is 3.49. The molecule has 0 bridgehead atoms. The molecule has 2 heterocycles. The fourth-order valence-electron chi connectivity index (χ4n) is 2.38. The number of nitrogens with zero attached hydrogens (tertiary/aromatic N) is 1. The summed E-state index contributed by atoms with van der Waals surface area (Å²) in [6, 6.07) is 1.97. The first-order chi connectivity index (χ1) is 8.72. The van der Waals surface area contributed by atoms with Crippen LogP contribution < -0.4 is 10.5 Å². The van der Waals surface area contributed by atoms with E-state index in [1.807, 2.05) is 12.3 Å². The summed E-state index contributed by atoms with van der Waals surface area (Å²) < 4.78 is 11.2. The molecule has 2 N–H and O–H groups in total. The van der Waals surface area contributed by atoms with Gasteiger partial charge in [0.15, 0.2) is 0 Å². The lowest BCUT2D eigenvalue weighted by atomic mass is 9.90. The number of ether oxygens (including phenoxy) is 2.